The van der Waals surface area contributed by atoms with Crippen LogP contribution in [0, 0.1) is 6.92 Å². The molecule has 0 aromatic carbocycles. The summed E-state index contributed by atoms with van der Waals surface area (Å²) < 4.78 is 75.6. The van der Waals surface area contributed by atoms with E-state index in [4.69, 9.17) is 29.3 Å². The van der Waals surface area contributed by atoms with E-state index in [2.05, 4.69) is 24.0 Å². The summed E-state index contributed by atoms with van der Waals surface area (Å²) in [5.41, 5.74) is 1.25. The minimum Gasteiger partial charge on any atom is -0.475 e. The molecule has 1 spiro atoms. The number of carbonyl (C=O) groups is 3. The van der Waals surface area contributed by atoms with Crippen LogP contribution in [0.15, 0.2) is 18.5 Å². The molecule has 2 atom stereocenters. The van der Waals surface area contributed by atoms with E-state index in [1.807, 2.05) is 17.9 Å². The Morgan fingerprint density at radius 2 is 1.66 bits per heavy atom. The van der Waals surface area contributed by atoms with Crippen LogP contribution in [0.1, 0.15) is 28.8 Å². The van der Waals surface area contributed by atoms with Crippen molar-refractivity contribution in [3.8, 4) is 0 Å². The van der Waals surface area contributed by atoms with Crippen LogP contribution in [-0.2, 0) is 19.1 Å². The molecule has 1 aromatic heterocycles. The van der Waals surface area contributed by atoms with Gasteiger partial charge in [-0.2, -0.15) is 26.3 Å². The summed E-state index contributed by atoms with van der Waals surface area (Å²) in [5, 5.41) is 14.2. The number of halogens is 6. The van der Waals surface area contributed by atoms with Crippen LogP contribution in [0.2, 0.25) is 0 Å². The van der Waals surface area contributed by atoms with Gasteiger partial charge in [0.1, 0.15) is 5.60 Å². The standard InChI is InChI=1S/C18H27N3O3.2C2HF3O2/c1-14-8-15(10-19-9-14)17(22)21-6-7-23-13-18(12-21)5-4-16(24-18)11-20(2)3;2*3-2(4,5)1(6)7/h8-10,16H,4-7,11-13H2,1-3H3;2*(H,6,7)/t16-,18+;;/m0../s1. The number of amides is 1. The molecule has 0 aliphatic carbocycles. The third-order valence-corrected chi connectivity index (χ3v) is 5.15. The molecule has 0 bridgehead atoms. The number of alkyl halides is 6. The quantitative estimate of drug-likeness (QED) is 0.535. The molecule has 3 rings (SSSR count). The van der Waals surface area contributed by atoms with Gasteiger partial charge in [0, 0.05) is 25.5 Å². The van der Waals surface area contributed by atoms with Crippen LogP contribution in [0.25, 0.3) is 0 Å². The predicted octanol–water partition coefficient (Wildman–Crippen LogP) is 2.61. The van der Waals surface area contributed by atoms with Gasteiger partial charge in [0.25, 0.3) is 5.91 Å². The average molecular weight is 561 g/mol. The number of pyridine rings is 1. The number of aryl methyl sites for hydroxylation is 1. The van der Waals surface area contributed by atoms with Crippen molar-refractivity contribution in [1.82, 2.24) is 14.8 Å². The molecule has 2 saturated heterocycles. The van der Waals surface area contributed by atoms with Crippen LogP contribution in [-0.4, -0.2) is 114 Å². The summed E-state index contributed by atoms with van der Waals surface area (Å²) in [6, 6.07) is 1.89. The fraction of sp³-hybridized carbons (Fsp3) is 0.636. The SMILES string of the molecule is Cc1cncc(C(=O)N2CCOC[C@@]3(CC[C@@H](CN(C)C)O3)C2)c1.O=C(O)C(F)(F)F.O=C(O)C(F)(F)F. The highest BCUT2D eigenvalue weighted by Crippen LogP contribution is 2.33. The van der Waals surface area contributed by atoms with Crippen LogP contribution in [0.4, 0.5) is 26.3 Å². The molecule has 2 fully saturated rings. The number of aromatic nitrogens is 1. The van der Waals surface area contributed by atoms with Crippen LogP contribution >= 0.6 is 0 Å². The normalized spacial score (nSPS) is 21.6. The second-order valence-corrected chi connectivity index (χ2v) is 8.86. The predicted molar refractivity (Wildman–Crippen MR) is 118 cm³/mol. The molecule has 216 valence electrons. The van der Waals surface area contributed by atoms with Crippen molar-refractivity contribution >= 4 is 17.8 Å². The minimum absolute atomic E-state index is 0.00994. The summed E-state index contributed by atoms with van der Waals surface area (Å²) in [6.45, 7) is 5.14. The first kappa shape index (κ1) is 33.0. The number of likely N-dealkylation sites (N-methyl/N-ethyl adjacent to an activating group) is 1. The minimum atomic E-state index is -5.08. The van der Waals surface area contributed by atoms with E-state index >= 15 is 0 Å². The number of ether oxygens (including phenoxy) is 2. The maximum Gasteiger partial charge on any atom is 0.490 e. The van der Waals surface area contributed by atoms with Gasteiger partial charge in [-0.05, 0) is 45.5 Å². The zero-order valence-corrected chi connectivity index (χ0v) is 20.8. The molecule has 16 heteroatoms. The number of nitrogens with zero attached hydrogens (tertiary/aromatic N) is 3. The zero-order valence-electron chi connectivity index (χ0n) is 20.8. The van der Waals surface area contributed by atoms with Crippen molar-refractivity contribution in [2.24, 2.45) is 0 Å². The lowest BCUT2D eigenvalue weighted by atomic mass is 9.99. The molecule has 1 aromatic rings. The van der Waals surface area contributed by atoms with Crippen molar-refractivity contribution in [3.63, 3.8) is 0 Å². The van der Waals surface area contributed by atoms with Crippen molar-refractivity contribution in [1.29, 1.82) is 0 Å². The smallest absolute Gasteiger partial charge is 0.475 e. The van der Waals surface area contributed by atoms with Gasteiger partial charge in [0.05, 0.1) is 31.4 Å². The van der Waals surface area contributed by atoms with Gasteiger partial charge in [-0.3, -0.25) is 9.78 Å². The molecule has 0 saturated carbocycles. The molecule has 2 aliphatic rings. The van der Waals surface area contributed by atoms with E-state index in [1.165, 1.54) is 0 Å². The van der Waals surface area contributed by atoms with Crippen LogP contribution < -0.4 is 0 Å². The van der Waals surface area contributed by atoms with Crippen molar-refractivity contribution in [3.05, 3.63) is 29.6 Å². The Morgan fingerprint density at radius 3 is 2.13 bits per heavy atom. The lowest BCUT2D eigenvalue weighted by molar-refractivity contribution is -0.193. The maximum atomic E-state index is 12.9. The maximum absolute atomic E-state index is 12.9. The Labute approximate surface area is 214 Å². The van der Waals surface area contributed by atoms with Crippen molar-refractivity contribution < 1.29 is 60.4 Å². The summed E-state index contributed by atoms with van der Waals surface area (Å²) in [7, 11) is 4.11. The number of carboxylic acids is 2. The largest absolute Gasteiger partial charge is 0.490 e. The lowest BCUT2D eigenvalue weighted by Gasteiger charge is -2.32. The van der Waals surface area contributed by atoms with E-state index in [1.54, 1.807) is 12.4 Å². The van der Waals surface area contributed by atoms with Gasteiger partial charge >= 0.3 is 24.3 Å². The second kappa shape index (κ2) is 13.7. The summed E-state index contributed by atoms with van der Waals surface area (Å²) in [6.07, 6.45) is -4.62. The first-order chi connectivity index (χ1) is 17.4. The first-order valence-electron chi connectivity index (χ1n) is 11.1. The lowest BCUT2D eigenvalue weighted by Crippen LogP contribution is -2.47. The summed E-state index contributed by atoms with van der Waals surface area (Å²) >= 11 is 0. The molecular weight excluding hydrogens is 532 g/mol. The Balaban J connectivity index is 0.000000426. The zero-order chi connectivity index (χ0) is 29.3. The number of carboxylic acid groups (broad SMARTS) is 2. The molecule has 0 radical (unpaired) electrons. The van der Waals surface area contributed by atoms with Crippen molar-refractivity contribution in [2.75, 3.05) is 46.9 Å². The van der Waals surface area contributed by atoms with Gasteiger partial charge < -0.3 is 29.5 Å². The van der Waals surface area contributed by atoms with Gasteiger partial charge in [-0.15, -0.1) is 0 Å². The third kappa shape index (κ3) is 11.2. The van der Waals surface area contributed by atoms with Crippen LogP contribution in [0.3, 0.4) is 0 Å². The van der Waals surface area contributed by atoms with E-state index in [0.29, 0.717) is 31.9 Å². The Morgan fingerprint density at radius 1 is 1.11 bits per heavy atom. The molecule has 1 amide bonds. The third-order valence-electron chi connectivity index (χ3n) is 5.15. The van der Waals surface area contributed by atoms with Gasteiger partial charge in [0.2, 0.25) is 0 Å². The summed E-state index contributed by atoms with van der Waals surface area (Å²) in [5.74, 6) is -5.50. The highest BCUT2D eigenvalue weighted by atomic mass is 19.4. The average Bonchev–Trinajstić information content (AvgIpc) is 3.03. The van der Waals surface area contributed by atoms with E-state index in [0.717, 1.165) is 24.9 Å². The molecule has 38 heavy (non-hydrogen) atoms. The second-order valence-electron chi connectivity index (χ2n) is 8.86. The molecular formula is C22H29F6N3O7. The fourth-order valence-electron chi connectivity index (χ4n) is 3.59. The van der Waals surface area contributed by atoms with E-state index in [9.17, 15) is 31.1 Å². The highest BCUT2D eigenvalue weighted by molar-refractivity contribution is 5.94. The molecule has 0 unspecified atom stereocenters. The topological polar surface area (TPSA) is 130 Å². The molecule has 2 aliphatic heterocycles. The molecule has 2 N–H and O–H groups in total. The molecule has 10 nitrogen and oxygen atoms in total. The molecule has 3 heterocycles. The Hall–Kier alpha value is -2.98. The highest BCUT2D eigenvalue weighted by Gasteiger charge is 2.44. The number of aliphatic carboxylic acids is 2. The Kier molecular flexibility index (Phi) is 11.9. The van der Waals surface area contributed by atoms with Gasteiger partial charge in [-0.25, -0.2) is 9.59 Å². The van der Waals surface area contributed by atoms with E-state index in [-0.39, 0.29) is 17.6 Å². The Bertz CT molecular complexity index is 934. The monoisotopic (exact) mass is 561 g/mol. The number of carbonyl (C=O) groups excluding carboxylic acids is 1. The number of rotatable bonds is 3. The number of hydrogen-bond donors (Lipinski definition) is 2. The first-order valence-corrected chi connectivity index (χ1v) is 11.1. The van der Waals surface area contributed by atoms with Gasteiger partial charge in [-0.1, -0.05) is 0 Å². The summed E-state index contributed by atoms with van der Waals surface area (Å²) in [4.78, 5) is 38.8. The fourth-order valence-corrected chi connectivity index (χ4v) is 3.59. The van der Waals surface area contributed by atoms with Crippen molar-refractivity contribution in [2.45, 2.75) is 43.8 Å². The van der Waals surface area contributed by atoms with Crippen LogP contribution in [0.5, 0.6) is 0 Å². The van der Waals surface area contributed by atoms with Gasteiger partial charge in [0.15, 0.2) is 0 Å². The number of hydrogen-bond acceptors (Lipinski definition) is 7. The van der Waals surface area contributed by atoms with E-state index < -0.39 is 24.3 Å².